The van der Waals surface area contributed by atoms with Gasteiger partial charge in [0.05, 0.1) is 0 Å². The van der Waals surface area contributed by atoms with Gasteiger partial charge in [0.1, 0.15) is 0 Å². The van der Waals surface area contributed by atoms with E-state index in [0.29, 0.717) is 6.04 Å². The van der Waals surface area contributed by atoms with Gasteiger partial charge in [-0.2, -0.15) is 0 Å². The number of pyridine rings is 1. The van der Waals surface area contributed by atoms with E-state index in [4.69, 9.17) is 0 Å². The number of hydrogen-bond donors (Lipinski definition) is 2. The zero-order valence-corrected chi connectivity index (χ0v) is 8.37. The van der Waals surface area contributed by atoms with Gasteiger partial charge in [-0.15, -0.1) is 0 Å². The first-order valence-corrected chi connectivity index (χ1v) is 5.28. The zero-order chi connectivity index (χ0) is 9.64. The van der Waals surface area contributed by atoms with Crippen LogP contribution in [0.2, 0.25) is 0 Å². The Balaban J connectivity index is 1.76. The summed E-state index contributed by atoms with van der Waals surface area (Å²) >= 11 is 0. The zero-order valence-electron chi connectivity index (χ0n) is 8.37. The Bertz CT molecular complexity index is 254. The molecule has 0 bridgehead atoms. The van der Waals surface area contributed by atoms with Gasteiger partial charge in [-0.25, -0.2) is 0 Å². The van der Waals surface area contributed by atoms with Crippen LogP contribution < -0.4 is 10.6 Å². The Morgan fingerprint density at radius 2 is 2.43 bits per heavy atom. The third-order valence-corrected chi connectivity index (χ3v) is 2.63. The lowest BCUT2D eigenvalue weighted by Crippen LogP contribution is -2.48. The fraction of sp³-hybridized carbons (Fsp3) is 0.545. The maximum Gasteiger partial charge on any atom is 0.0299 e. The van der Waals surface area contributed by atoms with Gasteiger partial charge in [0.15, 0.2) is 0 Å². The molecule has 1 aliphatic rings. The molecule has 3 nitrogen and oxygen atoms in total. The van der Waals surface area contributed by atoms with Crippen molar-refractivity contribution in [3.63, 3.8) is 0 Å². The summed E-state index contributed by atoms with van der Waals surface area (Å²) in [5, 5.41) is 6.90. The Morgan fingerprint density at radius 3 is 3.14 bits per heavy atom. The molecule has 0 aliphatic carbocycles. The first kappa shape index (κ1) is 9.62. The second-order valence-corrected chi connectivity index (χ2v) is 3.76. The van der Waals surface area contributed by atoms with E-state index < -0.39 is 0 Å². The van der Waals surface area contributed by atoms with E-state index in [1.807, 2.05) is 18.5 Å². The summed E-state index contributed by atoms with van der Waals surface area (Å²) in [6.45, 7) is 3.29. The van der Waals surface area contributed by atoms with E-state index in [2.05, 4.69) is 21.7 Å². The van der Waals surface area contributed by atoms with Gasteiger partial charge in [-0.05, 0) is 24.5 Å². The Kier molecular flexibility index (Phi) is 3.49. The number of rotatable bonds is 3. The number of aromatic nitrogens is 1. The average molecular weight is 191 g/mol. The first-order valence-electron chi connectivity index (χ1n) is 5.28. The molecule has 76 valence electrons. The lowest BCUT2D eigenvalue weighted by atomic mass is 10.1. The van der Waals surface area contributed by atoms with Crippen LogP contribution in [0.3, 0.4) is 0 Å². The second-order valence-electron chi connectivity index (χ2n) is 3.76. The van der Waals surface area contributed by atoms with E-state index in [1.54, 1.807) is 0 Å². The number of nitrogens with one attached hydrogen (secondary N) is 2. The molecule has 1 aromatic rings. The van der Waals surface area contributed by atoms with E-state index in [9.17, 15) is 0 Å². The standard InChI is InChI=1S/C11H17N3/c1-2-10(8-12-5-1)3-4-11-9-13-6-7-14-11/h1-2,5,8,11,13-14H,3-4,6-7,9H2. The van der Waals surface area contributed by atoms with Crippen molar-refractivity contribution in [2.24, 2.45) is 0 Å². The van der Waals surface area contributed by atoms with Crippen molar-refractivity contribution in [3.8, 4) is 0 Å². The number of nitrogens with zero attached hydrogens (tertiary/aromatic N) is 1. The third-order valence-electron chi connectivity index (χ3n) is 2.63. The molecule has 2 heterocycles. The van der Waals surface area contributed by atoms with Crippen LogP contribution in [0.1, 0.15) is 12.0 Å². The third kappa shape index (κ3) is 2.79. The van der Waals surface area contributed by atoms with Crippen LogP contribution in [0.4, 0.5) is 0 Å². The molecular formula is C11H17N3. The molecule has 14 heavy (non-hydrogen) atoms. The summed E-state index contributed by atoms with van der Waals surface area (Å²) in [5.41, 5.74) is 1.33. The summed E-state index contributed by atoms with van der Waals surface area (Å²) in [7, 11) is 0. The van der Waals surface area contributed by atoms with E-state index in [0.717, 1.165) is 26.1 Å². The lowest BCUT2D eigenvalue weighted by Gasteiger charge is -2.24. The smallest absolute Gasteiger partial charge is 0.0299 e. The minimum Gasteiger partial charge on any atom is -0.314 e. The molecule has 1 aromatic heterocycles. The number of hydrogen-bond acceptors (Lipinski definition) is 3. The average Bonchev–Trinajstić information content (AvgIpc) is 2.29. The molecule has 1 fully saturated rings. The number of piperazine rings is 1. The van der Waals surface area contributed by atoms with Crippen molar-refractivity contribution in [2.45, 2.75) is 18.9 Å². The Morgan fingerprint density at radius 1 is 1.43 bits per heavy atom. The molecule has 0 saturated carbocycles. The second kappa shape index (κ2) is 5.08. The molecule has 1 atom stereocenters. The van der Waals surface area contributed by atoms with Gasteiger partial charge in [-0.3, -0.25) is 4.98 Å². The van der Waals surface area contributed by atoms with Crippen molar-refractivity contribution in [2.75, 3.05) is 19.6 Å². The first-order chi connectivity index (χ1) is 6.95. The normalized spacial score (nSPS) is 22.1. The van der Waals surface area contributed by atoms with Crippen molar-refractivity contribution in [3.05, 3.63) is 30.1 Å². The molecule has 2 rings (SSSR count). The van der Waals surface area contributed by atoms with Crippen molar-refractivity contribution < 1.29 is 0 Å². The van der Waals surface area contributed by atoms with Gasteiger partial charge < -0.3 is 10.6 Å². The quantitative estimate of drug-likeness (QED) is 0.733. The van der Waals surface area contributed by atoms with Crippen LogP contribution in [0.5, 0.6) is 0 Å². The highest BCUT2D eigenvalue weighted by atomic mass is 15.0. The highest BCUT2D eigenvalue weighted by Gasteiger charge is 2.11. The van der Waals surface area contributed by atoms with Gasteiger partial charge in [0, 0.05) is 38.1 Å². The summed E-state index contributed by atoms with van der Waals surface area (Å²) < 4.78 is 0. The van der Waals surface area contributed by atoms with Crippen LogP contribution in [0.15, 0.2) is 24.5 Å². The molecule has 1 saturated heterocycles. The van der Waals surface area contributed by atoms with Gasteiger partial charge in [-0.1, -0.05) is 6.07 Å². The molecule has 3 heteroatoms. The van der Waals surface area contributed by atoms with Crippen molar-refractivity contribution >= 4 is 0 Å². The fourth-order valence-electron chi connectivity index (χ4n) is 1.80. The number of aryl methyl sites for hydroxylation is 1. The highest BCUT2D eigenvalue weighted by Crippen LogP contribution is 2.04. The van der Waals surface area contributed by atoms with Crippen LogP contribution >= 0.6 is 0 Å². The van der Waals surface area contributed by atoms with Crippen molar-refractivity contribution in [1.29, 1.82) is 0 Å². The largest absolute Gasteiger partial charge is 0.314 e. The predicted octanol–water partition coefficient (Wildman–Crippen LogP) is 0.576. The molecule has 0 aromatic carbocycles. The van der Waals surface area contributed by atoms with E-state index >= 15 is 0 Å². The topological polar surface area (TPSA) is 37.0 Å². The maximum absolute atomic E-state index is 4.11. The SMILES string of the molecule is c1cncc(CCC2CNCCN2)c1. The fourth-order valence-corrected chi connectivity index (χ4v) is 1.80. The summed E-state index contributed by atoms with van der Waals surface area (Å²) in [5.74, 6) is 0. The minimum absolute atomic E-state index is 0.629. The Hall–Kier alpha value is -0.930. The maximum atomic E-state index is 4.11. The molecule has 0 spiro atoms. The molecule has 2 N–H and O–H groups in total. The summed E-state index contributed by atoms with van der Waals surface area (Å²) in [6, 6.07) is 4.77. The van der Waals surface area contributed by atoms with Crippen LogP contribution in [-0.4, -0.2) is 30.7 Å². The van der Waals surface area contributed by atoms with E-state index in [1.165, 1.54) is 12.0 Å². The molecular weight excluding hydrogens is 174 g/mol. The molecule has 0 radical (unpaired) electrons. The van der Waals surface area contributed by atoms with Crippen molar-refractivity contribution in [1.82, 2.24) is 15.6 Å². The lowest BCUT2D eigenvalue weighted by molar-refractivity contribution is 0.399. The predicted molar refractivity (Wildman–Crippen MR) is 57.2 cm³/mol. The van der Waals surface area contributed by atoms with Gasteiger partial charge in [0.2, 0.25) is 0 Å². The van der Waals surface area contributed by atoms with E-state index in [-0.39, 0.29) is 0 Å². The van der Waals surface area contributed by atoms with Crippen LogP contribution in [0.25, 0.3) is 0 Å². The van der Waals surface area contributed by atoms with Gasteiger partial charge in [0.25, 0.3) is 0 Å². The molecule has 1 unspecified atom stereocenters. The minimum atomic E-state index is 0.629. The molecule has 0 amide bonds. The van der Waals surface area contributed by atoms with Crippen LogP contribution in [0, 0.1) is 0 Å². The summed E-state index contributed by atoms with van der Waals surface area (Å²) in [4.78, 5) is 4.11. The monoisotopic (exact) mass is 191 g/mol. The summed E-state index contributed by atoms with van der Waals surface area (Å²) in [6.07, 6.45) is 6.09. The Labute approximate surface area is 84.9 Å². The molecule has 1 aliphatic heterocycles. The van der Waals surface area contributed by atoms with Crippen LogP contribution in [-0.2, 0) is 6.42 Å². The highest BCUT2D eigenvalue weighted by molar-refractivity contribution is 5.08. The van der Waals surface area contributed by atoms with Gasteiger partial charge >= 0.3 is 0 Å².